The van der Waals surface area contributed by atoms with Gasteiger partial charge in [0.05, 0.1) is 6.04 Å². The summed E-state index contributed by atoms with van der Waals surface area (Å²) in [7, 11) is 1.53. The molecule has 1 N–H and O–H groups in total. The normalized spacial score (nSPS) is 13.6. The first-order valence-corrected chi connectivity index (χ1v) is 2.05. The van der Waals surface area contributed by atoms with Crippen LogP contribution in [0.5, 0.6) is 0 Å². The van der Waals surface area contributed by atoms with E-state index in [-0.39, 0.29) is 0 Å². The third-order valence-corrected chi connectivity index (χ3v) is 0.773. The summed E-state index contributed by atoms with van der Waals surface area (Å²) in [6, 6.07) is -1.97. The summed E-state index contributed by atoms with van der Waals surface area (Å²) >= 11 is 0. The van der Waals surface area contributed by atoms with Gasteiger partial charge in [-0.25, -0.2) is 0 Å². The van der Waals surface area contributed by atoms with Gasteiger partial charge in [0, 0.05) is 0 Å². The molecule has 0 aromatic rings. The molecule has 3 heteroatoms. The maximum Gasteiger partial charge on any atom is 0.317 e. The lowest BCUT2D eigenvalue weighted by molar-refractivity contribution is -0.130. The molecular weight excluding hydrogens is 97.0 g/mol. The summed E-state index contributed by atoms with van der Waals surface area (Å²) in [4.78, 5) is 9.65. The molecule has 0 aromatic heterocycles. The standard InChI is InChI=1S/C4H8FNO/c1-3(6-2)4(5)7/h3,6H,1-2H3. The van der Waals surface area contributed by atoms with Crippen LogP contribution in [0, 0.1) is 0 Å². The second-order valence-electron chi connectivity index (χ2n) is 1.31. The number of halogens is 1. The molecule has 0 heterocycles. The van der Waals surface area contributed by atoms with E-state index in [1.807, 2.05) is 0 Å². The number of carbonyl (C=O) groups excluding carboxylic acids is 1. The molecule has 0 aromatic carbocycles. The average Bonchev–Trinajstić information content (AvgIpc) is 1.65. The Bertz CT molecular complexity index is 74.1. The molecular formula is C4H8FNO. The molecule has 0 saturated heterocycles. The van der Waals surface area contributed by atoms with E-state index < -0.39 is 12.1 Å². The number of likely N-dealkylation sites (N-methyl/N-ethyl adjacent to an activating group) is 1. The van der Waals surface area contributed by atoms with Crippen LogP contribution in [0.15, 0.2) is 0 Å². The number of rotatable bonds is 2. The number of hydrogen-bond acceptors (Lipinski definition) is 2. The second kappa shape index (κ2) is 2.69. The Morgan fingerprint density at radius 3 is 2.29 bits per heavy atom. The van der Waals surface area contributed by atoms with Crippen molar-refractivity contribution < 1.29 is 9.18 Å². The minimum Gasteiger partial charge on any atom is -0.308 e. The zero-order chi connectivity index (χ0) is 5.86. The Balaban J connectivity index is 3.34. The molecule has 0 saturated carbocycles. The van der Waals surface area contributed by atoms with Crippen molar-refractivity contribution in [2.45, 2.75) is 13.0 Å². The van der Waals surface area contributed by atoms with Gasteiger partial charge in [0.1, 0.15) is 0 Å². The molecule has 42 valence electrons. The van der Waals surface area contributed by atoms with Crippen molar-refractivity contribution in [3.63, 3.8) is 0 Å². The maximum absolute atomic E-state index is 11.4. The van der Waals surface area contributed by atoms with Gasteiger partial charge in [0.2, 0.25) is 0 Å². The minimum absolute atomic E-state index is 0.653. The lowest BCUT2D eigenvalue weighted by atomic mass is 10.4. The van der Waals surface area contributed by atoms with Crippen LogP contribution in [0.1, 0.15) is 6.92 Å². The van der Waals surface area contributed by atoms with Crippen LogP contribution in [-0.2, 0) is 4.79 Å². The zero-order valence-electron chi connectivity index (χ0n) is 4.36. The predicted molar refractivity (Wildman–Crippen MR) is 24.6 cm³/mol. The Morgan fingerprint density at radius 1 is 1.86 bits per heavy atom. The van der Waals surface area contributed by atoms with E-state index in [0.717, 1.165) is 0 Å². The van der Waals surface area contributed by atoms with Crippen LogP contribution < -0.4 is 5.32 Å². The Morgan fingerprint density at radius 2 is 2.29 bits per heavy atom. The largest absolute Gasteiger partial charge is 0.317 e. The molecule has 0 fully saturated rings. The summed E-state index contributed by atoms with van der Waals surface area (Å²) in [5.74, 6) is 0. The van der Waals surface area contributed by atoms with Crippen molar-refractivity contribution in [3.8, 4) is 0 Å². The molecule has 0 amide bonds. The summed E-state index contributed by atoms with van der Waals surface area (Å²) in [6.45, 7) is 1.46. The van der Waals surface area contributed by atoms with Gasteiger partial charge in [-0.2, -0.15) is 4.39 Å². The molecule has 0 aliphatic carbocycles. The fourth-order valence-corrected chi connectivity index (χ4v) is 0.113. The monoisotopic (exact) mass is 105 g/mol. The number of hydrogen-bond donors (Lipinski definition) is 1. The number of carbonyl (C=O) groups is 1. The lowest BCUT2D eigenvalue weighted by Crippen LogP contribution is -2.27. The Kier molecular flexibility index (Phi) is 2.52. The van der Waals surface area contributed by atoms with E-state index in [1.165, 1.54) is 14.0 Å². The second-order valence-corrected chi connectivity index (χ2v) is 1.31. The van der Waals surface area contributed by atoms with E-state index in [2.05, 4.69) is 5.32 Å². The van der Waals surface area contributed by atoms with Crippen LogP contribution in [-0.4, -0.2) is 19.1 Å². The molecule has 0 rings (SSSR count). The predicted octanol–water partition coefficient (Wildman–Crippen LogP) is 0.0904. The van der Waals surface area contributed by atoms with Gasteiger partial charge in [-0.3, -0.25) is 4.79 Å². The van der Waals surface area contributed by atoms with Gasteiger partial charge in [-0.1, -0.05) is 0 Å². The lowest BCUT2D eigenvalue weighted by Gasteiger charge is -1.97. The summed E-state index contributed by atoms with van der Waals surface area (Å²) in [6.07, 6.45) is 0. The van der Waals surface area contributed by atoms with Gasteiger partial charge < -0.3 is 5.32 Å². The van der Waals surface area contributed by atoms with E-state index >= 15 is 0 Å². The van der Waals surface area contributed by atoms with Crippen LogP contribution in [0.4, 0.5) is 4.39 Å². The van der Waals surface area contributed by atoms with E-state index in [1.54, 1.807) is 0 Å². The highest BCUT2D eigenvalue weighted by molar-refractivity contribution is 5.73. The molecule has 0 spiro atoms. The first-order chi connectivity index (χ1) is 3.18. The smallest absolute Gasteiger partial charge is 0.308 e. The van der Waals surface area contributed by atoms with Gasteiger partial charge in [0.15, 0.2) is 0 Å². The highest BCUT2D eigenvalue weighted by Gasteiger charge is 2.05. The van der Waals surface area contributed by atoms with Crippen molar-refractivity contribution in [3.05, 3.63) is 0 Å². The maximum atomic E-state index is 11.4. The first-order valence-electron chi connectivity index (χ1n) is 2.05. The molecule has 0 aliphatic heterocycles. The summed E-state index contributed by atoms with van der Waals surface area (Å²) < 4.78 is 11.4. The molecule has 0 aliphatic rings. The fourth-order valence-electron chi connectivity index (χ4n) is 0.113. The molecule has 0 radical (unpaired) electrons. The Labute approximate surface area is 41.7 Å². The van der Waals surface area contributed by atoms with Gasteiger partial charge in [-0.15, -0.1) is 0 Å². The first kappa shape index (κ1) is 6.56. The molecule has 1 atom stereocenters. The van der Waals surface area contributed by atoms with Gasteiger partial charge in [-0.05, 0) is 14.0 Å². The van der Waals surface area contributed by atoms with E-state index in [4.69, 9.17) is 0 Å². The van der Waals surface area contributed by atoms with Crippen molar-refractivity contribution in [2.24, 2.45) is 0 Å². The highest BCUT2D eigenvalue weighted by atomic mass is 19.1. The van der Waals surface area contributed by atoms with Crippen molar-refractivity contribution in [1.29, 1.82) is 0 Å². The SMILES string of the molecule is CNC(C)C(=O)F. The van der Waals surface area contributed by atoms with Crippen molar-refractivity contribution in [2.75, 3.05) is 7.05 Å². The third-order valence-electron chi connectivity index (χ3n) is 0.773. The molecule has 1 unspecified atom stereocenters. The van der Waals surface area contributed by atoms with Crippen LogP contribution in [0.3, 0.4) is 0 Å². The average molecular weight is 105 g/mol. The minimum atomic E-state index is -1.32. The third kappa shape index (κ3) is 2.28. The van der Waals surface area contributed by atoms with Gasteiger partial charge >= 0.3 is 6.04 Å². The highest BCUT2D eigenvalue weighted by Crippen LogP contribution is 1.81. The van der Waals surface area contributed by atoms with Crippen LogP contribution in [0.25, 0.3) is 0 Å². The Hall–Kier alpha value is -0.440. The quantitative estimate of drug-likeness (QED) is 0.504. The van der Waals surface area contributed by atoms with Crippen LogP contribution >= 0.6 is 0 Å². The van der Waals surface area contributed by atoms with Crippen molar-refractivity contribution in [1.82, 2.24) is 5.32 Å². The zero-order valence-corrected chi connectivity index (χ0v) is 4.36. The van der Waals surface area contributed by atoms with Crippen LogP contribution in [0.2, 0.25) is 0 Å². The molecule has 0 bridgehead atoms. The molecule has 2 nitrogen and oxygen atoms in total. The van der Waals surface area contributed by atoms with Crippen molar-refractivity contribution >= 4 is 6.04 Å². The summed E-state index contributed by atoms with van der Waals surface area (Å²) in [5, 5.41) is 2.44. The fraction of sp³-hybridized carbons (Fsp3) is 0.750. The summed E-state index contributed by atoms with van der Waals surface area (Å²) in [5.41, 5.74) is 0. The van der Waals surface area contributed by atoms with Gasteiger partial charge in [0.25, 0.3) is 0 Å². The topological polar surface area (TPSA) is 29.1 Å². The molecule has 7 heavy (non-hydrogen) atoms. The van der Waals surface area contributed by atoms with E-state index in [0.29, 0.717) is 0 Å². The number of nitrogens with one attached hydrogen (secondary N) is 1. The van der Waals surface area contributed by atoms with E-state index in [9.17, 15) is 9.18 Å².